The molecule has 2 aliphatic heterocycles. The zero-order chi connectivity index (χ0) is 30.6. The summed E-state index contributed by atoms with van der Waals surface area (Å²) in [7, 11) is 0. The number of piperazine rings is 1. The van der Waals surface area contributed by atoms with Gasteiger partial charge >= 0.3 is 12.4 Å². The number of aromatic nitrogens is 5. The topological polar surface area (TPSA) is 120 Å². The molecular weight excluding hydrogens is 586 g/mol. The fourth-order valence-corrected chi connectivity index (χ4v) is 5.60. The van der Waals surface area contributed by atoms with Crippen molar-refractivity contribution in [2.75, 3.05) is 49.1 Å². The molecule has 17 heteroatoms. The molecular formula is C26H24F6N8O3. The number of hydrogen-bond acceptors (Lipinski definition) is 9. The summed E-state index contributed by atoms with van der Waals surface area (Å²) < 4.78 is 85.9. The minimum Gasteiger partial charge on any atom is -0.436 e. The summed E-state index contributed by atoms with van der Waals surface area (Å²) in [6.07, 6.45) is -3.82. The van der Waals surface area contributed by atoms with Gasteiger partial charge < -0.3 is 19.4 Å². The first-order chi connectivity index (χ1) is 20.3. The Labute approximate surface area is 239 Å². The van der Waals surface area contributed by atoms with Gasteiger partial charge in [-0.1, -0.05) is 6.42 Å². The molecule has 5 heterocycles. The predicted molar refractivity (Wildman–Crippen MR) is 138 cm³/mol. The van der Waals surface area contributed by atoms with Crippen LogP contribution in [0.1, 0.15) is 41.0 Å². The van der Waals surface area contributed by atoms with Crippen molar-refractivity contribution >= 4 is 17.4 Å². The number of ether oxygens (including phenoxy) is 1. The molecule has 1 spiro atoms. The molecule has 3 fully saturated rings. The van der Waals surface area contributed by atoms with E-state index < -0.39 is 46.6 Å². The average molecular weight is 611 g/mol. The van der Waals surface area contributed by atoms with Crippen LogP contribution in [0.5, 0.6) is 11.6 Å². The number of aromatic amines is 1. The van der Waals surface area contributed by atoms with Crippen LogP contribution in [0.15, 0.2) is 35.5 Å². The predicted octanol–water partition coefficient (Wildman–Crippen LogP) is 3.74. The maximum absolute atomic E-state index is 14.0. The second-order valence-corrected chi connectivity index (χ2v) is 10.8. The first kappa shape index (κ1) is 28.7. The highest BCUT2D eigenvalue weighted by Crippen LogP contribution is 2.52. The van der Waals surface area contributed by atoms with Gasteiger partial charge in [0.25, 0.3) is 17.3 Å². The lowest BCUT2D eigenvalue weighted by molar-refractivity contribution is -0.141. The number of carbonyl (C=O) groups is 1. The van der Waals surface area contributed by atoms with Gasteiger partial charge in [0.15, 0.2) is 11.3 Å². The molecule has 43 heavy (non-hydrogen) atoms. The Kier molecular flexibility index (Phi) is 6.92. The summed E-state index contributed by atoms with van der Waals surface area (Å²) in [5, 5.41) is 5.63. The summed E-state index contributed by atoms with van der Waals surface area (Å²) in [5.74, 6) is -0.702. The number of rotatable bonds is 5. The Balaban J connectivity index is 1.17. The number of H-pyrrole nitrogens is 1. The van der Waals surface area contributed by atoms with Crippen LogP contribution in [0.2, 0.25) is 0 Å². The molecule has 3 aromatic heterocycles. The molecule has 6 rings (SSSR count). The van der Waals surface area contributed by atoms with E-state index in [1.54, 1.807) is 4.90 Å². The minimum absolute atomic E-state index is 0.00943. The molecule has 2 saturated heterocycles. The van der Waals surface area contributed by atoms with Crippen LogP contribution < -0.4 is 20.1 Å². The molecule has 0 radical (unpaired) electrons. The Morgan fingerprint density at radius 3 is 2.23 bits per heavy atom. The largest absolute Gasteiger partial charge is 0.436 e. The smallest absolute Gasteiger partial charge is 0.434 e. The van der Waals surface area contributed by atoms with E-state index in [1.165, 1.54) is 28.1 Å². The molecule has 0 unspecified atom stereocenters. The van der Waals surface area contributed by atoms with Gasteiger partial charge in [0.1, 0.15) is 22.9 Å². The first-order valence-corrected chi connectivity index (χ1v) is 13.4. The molecule has 1 aliphatic carbocycles. The van der Waals surface area contributed by atoms with Crippen LogP contribution in [0.25, 0.3) is 0 Å². The van der Waals surface area contributed by atoms with E-state index in [-0.39, 0.29) is 48.9 Å². The van der Waals surface area contributed by atoms with Crippen molar-refractivity contribution in [1.29, 1.82) is 0 Å². The van der Waals surface area contributed by atoms with E-state index in [0.717, 1.165) is 25.5 Å². The summed E-state index contributed by atoms with van der Waals surface area (Å²) >= 11 is 0. The third-order valence-electron chi connectivity index (χ3n) is 7.98. The number of amides is 1. The first-order valence-electron chi connectivity index (χ1n) is 13.4. The fourth-order valence-electron chi connectivity index (χ4n) is 5.60. The van der Waals surface area contributed by atoms with Crippen molar-refractivity contribution in [2.24, 2.45) is 5.41 Å². The van der Waals surface area contributed by atoms with Gasteiger partial charge in [0.05, 0.1) is 12.4 Å². The number of nitrogens with one attached hydrogen (secondary N) is 1. The number of anilines is 2. The van der Waals surface area contributed by atoms with E-state index >= 15 is 0 Å². The molecule has 1 amide bonds. The van der Waals surface area contributed by atoms with E-state index in [2.05, 4.69) is 20.1 Å². The quantitative estimate of drug-likeness (QED) is 0.431. The van der Waals surface area contributed by atoms with Crippen molar-refractivity contribution in [1.82, 2.24) is 30.0 Å². The second kappa shape index (κ2) is 10.4. The van der Waals surface area contributed by atoms with Crippen molar-refractivity contribution in [3.8, 4) is 11.6 Å². The zero-order valence-electron chi connectivity index (χ0n) is 22.4. The zero-order valence-corrected chi connectivity index (χ0v) is 22.4. The Morgan fingerprint density at radius 2 is 1.65 bits per heavy atom. The normalized spacial score (nSPS) is 18.3. The molecule has 1 saturated carbocycles. The maximum atomic E-state index is 14.0. The van der Waals surface area contributed by atoms with E-state index in [0.29, 0.717) is 19.3 Å². The molecule has 0 atom stereocenters. The van der Waals surface area contributed by atoms with Crippen molar-refractivity contribution in [2.45, 2.75) is 31.6 Å². The van der Waals surface area contributed by atoms with Crippen LogP contribution in [0.3, 0.4) is 0 Å². The lowest BCUT2D eigenvalue weighted by Crippen LogP contribution is -2.60. The Hall–Kier alpha value is -4.44. The van der Waals surface area contributed by atoms with Crippen molar-refractivity contribution in [3.63, 3.8) is 0 Å². The van der Waals surface area contributed by atoms with Crippen LogP contribution >= 0.6 is 0 Å². The number of pyridine rings is 1. The third kappa shape index (κ3) is 5.54. The number of alkyl halides is 6. The van der Waals surface area contributed by atoms with Crippen molar-refractivity contribution in [3.05, 3.63) is 58.0 Å². The molecule has 1 N–H and O–H groups in total. The number of halogens is 6. The van der Waals surface area contributed by atoms with Crippen LogP contribution in [0, 0.1) is 5.41 Å². The minimum atomic E-state index is -4.96. The van der Waals surface area contributed by atoms with Gasteiger partial charge in [-0.25, -0.2) is 15.1 Å². The van der Waals surface area contributed by atoms with Crippen LogP contribution in [0.4, 0.5) is 37.8 Å². The molecule has 0 bridgehead atoms. The summed E-state index contributed by atoms with van der Waals surface area (Å²) in [4.78, 5) is 41.4. The van der Waals surface area contributed by atoms with E-state index in [4.69, 9.17) is 4.74 Å². The molecule has 0 aromatic carbocycles. The van der Waals surface area contributed by atoms with Crippen molar-refractivity contribution < 1.29 is 35.9 Å². The van der Waals surface area contributed by atoms with Gasteiger partial charge in [-0.05, 0) is 18.9 Å². The SMILES string of the molecule is O=C(c1cc(Oc2n[nH]c(=O)c(C(F)(F)F)c2N2CC3(CCC3)C2)ccn1)N1CCN(c2cnc(C(F)(F)F)cn2)CC1. The number of hydrogen-bond donors (Lipinski definition) is 1. The fraction of sp³-hybridized carbons (Fsp3) is 0.462. The number of nitrogens with zero attached hydrogens (tertiary/aromatic N) is 7. The van der Waals surface area contributed by atoms with Gasteiger partial charge in [0.2, 0.25) is 0 Å². The third-order valence-corrected chi connectivity index (χ3v) is 7.98. The average Bonchev–Trinajstić information content (AvgIpc) is 2.91. The lowest BCUT2D eigenvalue weighted by Gasteiger charge is -2.57. The van der Waals surface area contributed by atoms with Gasteiger partial charge in [0, 0.05) is 56.9 Å². The molecule has 3 aromatic rings. The molecule has 11 nitrogen and oxygen atoms in total. The van der Waals surface area contributed by atoms with E-state index in [9.17, 15) is 35.9 Å². The van der Waals surface area contributed by atoms with Crippen LogP contribution in [-0.2, 0) is 12.4 Å². The summed E-state index contributed by atoms with van der Waals surface area (Å²) in [6.45, 7) is 1.63. The van der Waals surface area contributed by atoms with Gasteiger partial charge in [-0.2, -0.15) is 26.3 Å². The standard InChI is InChI=1S/C26H24F6N8O3/c27-25(28,29)17-11-35-18(12-34-17)38-6-8-39(9-7-38)23(42)16-10-15(2-5-33-16)43-22-20(40-13-24(14-40)3-1-4-24)19(26(30,31)32)21(41)36-37-22/h2,5,10-12H,1,3-4,6-9,13-14H2,(H,36,41). The maximum Gasteiger partial charge on any atom is 0.434 e. The Morgan fingerprint density at radius 1 is 0.930 bits per heavy atom. The lowest BCUT2D eigenvalue weighted by atomic mass is 9.63. The van der Waals surface area contributed by atoms with Gasteiger partial charge in [-0.15, -0.1) is 5.10 Å². The molecule has 3 aliphatic rings. The molecule has 228 valence electrons. The number of carbonyl (C=O) groups excluding carboxylic acids is 1. The summed E-state index contributed by atoms with van der Waals surface area (Å²) in [5.41, 5.74) is -4.42. The highest BCUT2D eigenvalue weighted by molar-refractivity contribution is 5.92. The van der Waals surface area contributed by atoms with Crippen LogP contribution in [-0.4, -0.2) is 75.2 Å². The monoisotopic (exact) mass is 610 g/mol. The van der Waals surface area contributed by atoms with Gasteiger partial charge in [-0.3, -0.25) is 14.6 Å². The highest BCUT2D eigenvalue weighted by Gasteiger charge is 2.51. The van der Waals surface area contributed by atoms with E-state index in [1.807, 2.05) is 5.10 Å². The highest BCUT2D eigenvalue weighted by atomic mass is 19.4. The summed E-state index contributed by atoms with van der Waals surface area (Å²) in [6, 6.07) is 2.62. The second-order valence-electron chi connectivity index (χ2n) is 10.8. The Bertz CT molecular complexity index is 1570.